The average molecular weight is 405 g/mol. The molecule has 0 radical (unpaired) electrons. The number of ether oxygens (including phenoxy) is 1. The molecule has 8 heteroatoms. The van der Waals surface area contributed by atoms with Gasteiger partial charge in [-0.15, -0.1) is 0 Å². The number of allylic oxidation sites excluding steroid dienone is 3. The summed E-state index contributed by atoms with van der Waals surface area (Å²) in [6, 6.07) is 6.13. The van der Waals surface area contributed by atoms with Gasteiger partial charge in [-0.05, 0) is 42.8 Å². The molecule has 1 aliphatic rings. The number of nitrogens with one attached hydrogen (secondary N) is 1. The van der Waals surface area contributed by atoms with Gasteiger partial charge in [-0.25, -0.2) is 4.39 Å². The van der Waals surface area contributed by atoms with Crippen LogP contribution < -0.4 is 10.1 Å². The zero-order valence-corrected chi connectivity index (χ0v) is 15.1. The zero-order chi connectivity index (χ0) is 21.2. The van der Waals surface area contributed by atoms with Crippen molar-refractivity contribution < 1.29 is 31.9 Å². The maximum Gasteiger partial charge on any atom is 0.416 e. The Kier molecular flexibility index (Phi) is 5.54. The van der Waals surface area contributed by atoms with E-state index < -0.39 is 29.0 Å². The number of carbonyl (C=O) groups is 2. The molecule has 0 aliphatic heterocycles. The molecule has 1 amide bonds. The summed E-state index contributed by atoms with van der Waals surface area (Å²) >= 11 is 0. The Labute approximate surface area is 163 Å². The Bertz CT molecular complexity index is 1040. The number of ketones is 1. The quantitative estimate of drug-likeness (QED) is 0.721. The molecular weight excluding hydrogens is 390 g/mol. The van der Waals surface area contributed by atoms with E-state index in [0.29, 0.717) is 11.6 Å². The number of rotatable bonds is 4. The van der Waals surface area contributed by atoms with Crippen LogP contribution in [-0.2, 0) is 11.0 Å². The number of alkyl halides is 3. The highest BCUT2D eigenvalue weighted by Gasteiger charge is 2.32. The lowest BCUT2D eigenvalue weighted by Crippen LogP contribution is -2.24. The summed E-state index contributed by atoms with van der Waals surface area (Å²) in [5, 5.41) is 2.39. The lowest BCUT2D eigenvalue weighted by Gasteiger charge is -2.16. The first kappa shape index (κ1) is 20.3. The molecule has 0 saturated heterocycles. The average Bonchev–Trinajstić information content (AvgIpc) is 2.64. The smallest absolute Gasteiger partial charge is 0.416 e. The number of amides is 1. The summed E-state index contributed by atoms with van der Waals surface area (Å²) < 4.78 is 58.4. The van der Waals surface area contributed by atoms with Gasteiger partial charge in [-0.3, -0.25) is 9.59 Å². The summed E-state index contributed by atoms with van der Waals surface area (Å²) in [6.07, 6.45) is -0.317. The van der Waals surface area contributed by atoms with Gasteiger partial charge in [-0.2, -0.15) is 13.2 Å². The van der Waals surface area contributed by atoms with Gasteiger partial charge in [0.05, 0.1) is 11.1 Å². The van der Waals surface area contributed by atoms with Gasteiger partial charge in [0.15, 0.2) is 5.78 Å². The highest BCUT2D eigenvalue weighted by atomic mass is 19.4. The molecule has 150 valence electrons. The van der Waals surface area contributed by atoms with Crippen molar-refractivity contribution >= 4 is 11.7 Å². The van der Waals surface area contributed by atoms with Crippen molar-refractivity contribution in [3.8, 4) is 11.5 Å². The molecule has 0 spiro atoms. The Morgan fingerprint density at radius 2 is 1.86 bits per heavy atom. The fraction of sp³-hybridized carbons (Fsp3) is 0.143. The molecule has 0 heterocycles. The largest absolute Gasteiger partial charge is 0.456 e. The molecule has 1 aliphatic carbocycles. The number of halogens is 4. The summed E-state index contributed by atoms with van der Waals surface area (Å²) in [4.78, 5) is 24.1. The maximum atomic E-state index is 13.5. The molecule has 2 aromatic carbocycles. The lowest BCUT2D eigenvalue weighted by molar-refractivity contribution is -0.137. The van der Waals surface area contributed by atoms with Crippen molar-refractivity contribution in [1.82, 2.24) is 5.32 Å². The van der Waals surface area contributed by atoms with E-state index in [0.717, 1.165) is 18.2 Å². The second-order valence-electron chi connectivity index (χ2n) is 6.35. The van der Waals surface area contributed by atoms with Gasteiger partial charge < -0.3 is 10.1 Å². The van der Waals surface area contributed by atoms with Crippen LogP contribution in [0, 0.1) is 12.7 Å². The van der Waals surface area contributed by atoms with Crippen molar-refractivity contribution in [3.05, 3.63) is 82.8 Å². The van der Waals surface area contributed by atoms with Gasteiger partial charge in [-0.1, -0.05) is 12.1 Å². The van der Waals surface area contributed by atoms with Gasteiger partial charge in [0.25, 0.3) is 5.91 Å². The third-order valence-electron chi connectivity index (χ3n) is 4.11. The van der Waals surface area contributed by atoms with Crippen molar-refractivity contribution in [2.75, 3.05) is 0 Å². The molecule has 0 fully saturated rings. The fourth-order valence-corrected chi connectivity index (χ4v) is 2.63. The van der Waals surface area contributed by atoms with E-state index in [-0.39, 0.29) is 29.4 Å². The van der Waals surface area contributed by atoms with E-state index >= 15 is 0 Å². The first-order valence-corrected chi connectivity index (χ1v) is 8.51. The molecule has 0 atom stereocenters. The van der Waals surface area contributed by atoms with Crippen LogP contribution in [0.5, 0.6) is 11.5 Å². The van der Waals surface area contributed by atoms with Crippen LogP contribution in [-0.4, -0.2) is 11.7 Å². The minimum Gasteiger partial charge on any atom is -0.456 e. The summed E-state index contributed by atoms with van der Waals surface area (Å²) in [7, 11) is 0. The summed E-state index contributed by atoms with van der Waals surface area (Å²) in [6.45, 7) is 1.63. The normalized spacial score (nSPS) is 13.8. The van der Waals surface area contributed by atoms with E-state index in [1.54, 1.807) is 6.92 Å². The predicted octanol–water partition coefficient (Wildman–Crippen LogP) is 5.09. The Hall–Kier alpha value is -3.42. The van der Waals surface area contributed by atoms with E-state index in [4.69, 9.17) is 4.74 Å². The fourth-order valence-electron chi connectivity index (χ4n) is 2.63. The van der Waals surface area contributed by atoms with Crippen LogP contribution >= 0.6 is 0 Å². The number of benzene rings is 2. The molecule has 2 aromatic rings. The highest BCUT2D eigenvalue weighted by Crippen LogP contribution is 2.35. The van der Waals surface area contributed by atoms with Crippen LogP contribution in [0.3, 0.4) is 0 Å². The molecule has 0 unspecified atom stereocenters. The molecule has 0 bridgehead atoms. The van der Waals surface area contributed by atoms with Gasteiger partial charge in [0.2, 0.25) is 0 Å². The third kappa shape index (κ3) is 4.90. The van der Waals surface area contributed by atoms with Gasteiger partial charge in [0, 0.05) is 24.3 Å². The van der Waals surface area contributed by atoms with E-state index in [9.17, 15) is 27.2 Å². The van der Waals surface area contributed by atoms with Gasteiger partial charge >= 0.3 is 6.18 Å². The zero-order valence-electron chi connectivity index (χ0n) is 15.1. The van der Waals surface area contributed by atoms with E-state index in [1.165, 1.54) is 30.4 Å². The van der Waals surface area contributed by atoms with Crippen LogP contribution in [0.15, 0.2) is 60.3 Å². The minimum absolute atomic E-state index is 0.0609. The predicted molar refractivity (Wildman–Crippen MR) is 97.0 cm³/mol. The number of hydrogen-bond acceptors (Lipinski definition) is 3. The number of aryl methyl sites for hydroxylation is 1. The molecule has 3 rings (SSSR count). The molecular formula is C21H15F4NO3. The van der Waals surface area contributed by atoms with E-state index in [2.05, 4.69) is 5.32 Å². The Balaban J connectivity index is 1.99. The molecule has 0 saturated carbocycles. The Morgan fingerprint density at radius 3 is 2.55 bits per heavy atom. The third-order valence-corrected chi connectivity index (χ3v) is 4.11. The summed E-state index contributed by atoms with van der Waals surface area (Å²) in [5.74, 6) is -1.87. The second-order valence-corrected chi connectivity index (χ2v) is 6.35. The van der Waals surface area contributed by atoms with Crippen LogP contribution in [0.1, 0.15) is 27.9 Å². The maximum absolute atomic E-state index is 13.5. The van der Waals surface area contributed by atoms with Crippen LogP contribution in [0.25, 0.3) is 0 Å². The second kappa shape index (κ2) is 7.90. The lowest BCUT2D eigenvalue weighted by atomic mass is 10.1. The van der Waals surface area contributed by atoms with Gasteiger partial charge in [0.1, 0.15) is 17.3 Å². The highest BCUT2D eigenvalue weighted by molar-refractivity contribution is 6.00. The van der Waals surface area contributed by atoms with Crippen LogP contribution in [0.4, 0.5) is 17.6 Å². The molecule has 29 heavy (non-hydrogen) atoms. The Morgan fingerprint density at radius 1 is 1.10 bits per heavy atom. The topological polar surface area (TPSA) is 55.4 Å². The molecule has 1 N–H and O–H groups in total. The first-order valence-electron chi connectivity index (χ1n) is 8.51. The van der Waals surface area contributed by atoms with E-state index in [1.807, 2.05) is 0 Å². The molecule has 0 aromatic heterocycles. The van der Waals surface area contributed by atoms with Crippen LogP contribution in [0.2, 0.25) is 0 Å². The number of carbonyl (C=O) groups excluding carboxylic acids is 2. The SMILES string of the molecule is Cc1ccc(F)cc1Oc1ccc(C(F)(F)F)cc1C(=O)NC1=CC(=O)CC=C1. The molecule has 4 nitrogen and oxygen atoms in total. The van der Waals surface area contributed by atoms with Crippen molar-refractivity contribution in [1.29, 1.82) is 0 Å². The van der Waals surface area contributed by atoms with Crippen molar-refractivity contribution in [3.63, 3.8) is 0 Å². The standard InChI is InChI=1S/C21H15F4NO3/c1-12-5-7-14(22)10-19(12)29-18-8-6-13(21(23,24)25)9-17(18)20(28)26-15-3-2-4-16(27)11-15/h2-3,5-11H,4H2,1H3,(H,26,28). The first-order chi connectivity index (χ1) is 13.6. The number of hydrogen-bond donors (Lipinski definition) is 1. The van der Waals surface area contributed by atoms with Crippen molar-refractivity contribution in [2.45, 2.75) is 19.5 Å². The minimum atomic E-state index is -4.68. The monoisotopic (exact) mass is 405 g/mol. The summed E-state index contributed by atoms with van der Waals surface area (Å²) in [5.41, 5.74) is -0.774. The van der Waals surface area contributed by atoms with Crippen molar-refractivity contribution in [2.24, 2.45) is 0 Å².